The first kappa shape index (κ1) is 18.0. The highest BCUT2D eigenvalue weighted by molar-refractivity contribution is 5.82. The van der Waals surface area contributed by atoms with Crippen molar-refractivity contribution in [2.24, 2.45) is 0 Å². The number of nitrogens with one attached hydrogen (secondary N) is 1. The third-order valence-corrected chi connectivity index (χ3v) is 5.34. The van der Waals surface area contributed by atoms with E-state index in [1.54, 1.807) is 0 Å². The lowest BCUT2D eigenvalue weighted by Crippen LogP contribution is -2.48. The van der Waals surface area contributed by atoms with Gasteiger partial charge in [0.05, 0.1) is 6.54 Å². The maximum absolute atomic E-state index is 12.2. The van der Waals surface area contributed by atoms with Crippen LogP contribution in [0.4, 0.5) is 0 Å². The van der Waals surface area contributed by atoms with Crippen molar-refractivity contribution in [1.29, 1.82) is 0 Å². The number of nitrogens with zero attached hydrogens (tertiary/aromatic N) is 2. The number of aryl methyl sites for hydroxylation is 1. The van der Waals surface area contributed by atoms with Crippen molar-refractivity contribution in [2.45, 2.75) is 39.3 Å². The van der Waals surface area contributed by atoms with E-state index in [4.69, 9.17) is 4.42 Å². The zero-order valence-corrected chi connectivity index (χ0v) is 15.5. The number of carbonyl (C=O) groups is 1. The van der Waals surface area contributed by atoms with Gasteiger partial charge in [-0.1, -0.05) is 18.2 Å². The molecule has 0 unspecified atom stereocenters. The summed E-state index contributed by atoms with van der Waals surface area (Å²) in [6.07, 6.45) is 1.46. The van der Waals surface area contributed by atoms with Crippen LogP contribution >= 0.6 is 0 Å². The van der Waals surface area contributed by atoms with Gasteiger partial charge in [-0.25, -0.2) is 0 Å². The Morgan fingerprint density at radius 3 is 2.68 bits per heavy atom. The lowest BCUT2D eigenvalue weighted by molar-refractivity contribution is -0.121. The van der Waals surface area contributed by atoms with Gasteiger partial charge in [-0.15, -0.1) is 0 Å². The first-order valence-corrected chi connectivity index (χ1v) is 9.21. The highest BCUT2D eigenvalue weighted by Gasteiger charge is 2.19. The number of hydrogen-bond donors (Lipinski definition) is 1. The summed E-state index contributed by atoms with van der Waals surface area (Å²) in [6.45, 7) is 9.14. The molecular formula is C20H29N3O2. The molecule has 1 N–H and O–H groups in total. The molecule has 3 rings (SSSR count). The molecule has 1 aromatic carbocycles. The minimum absolute atomic E-state index is 0.0980. The number of amides is 1. The molecule has 1 atom stereocenters. The SMILES string of the molecule is Cc1c(CNC(=O)CC[C@H](C)N2CCN(C)CC2)oc2ccccc12. The Labute approximate surface area is 150 Å². The Morgan fingerprint density at radius 1 is 1.24 bits per heavy atom. The number of rotatable bonds is 6. The molecule has 5 nitrogen and oxygen atoms in total. The average molecular weight is 343 g/mol. The van der Waals surface area contributed by atoms with E-state index in [1.807, 2.05) is 25.1 Å². The van der Waals surface area contributed by atoms with Gasteiger partial charge in [-0.05, 0) is 33.4 Å². The number of carbonyl (C=O) groups excluding carboxylic acids is 1. The lowest BCUT2D eigenvalue weighted by Gasteiger charge is -2.36. The van der Waals surface area contributed by atoms with Crippen LogP contribution in [-0.4, -0.2) is 55.0 Å². The summed E-state index contributed by atoms with van der Waals surface area (Å²) in [5.41, 5.74) is 2.00. The van der Waals surface area contributed by atoms with Gasteiger partial charge in [-0.2, -0.15) is 0 Å². The van der Waals surface area contributed by atoms with Gasteiger partial charge in [0.25, 0.3) is 0 Å². The largest absolute Gasteiger partial charge is 0.459 e. The van der Waals surface area contributed by atoms with Crippen molar-refractivity contribution >= 4 is 16.9 Å². The fourth-order valence-corrected chi connectivity index (χ4v) is 3.45. The third-order valence-electron chi connectivity index (χ3n) is 5.34. The number of piperazine rings is 1. The van der Waals surface area contributed by atoms with Crippen LogP contribution in [0.3, 0.4) is 0 Å². The van der Waals surface area contributed by atoms with E-state index < -0.39 is 0 Å². The van der Waals surface area contributed by atoms with Gasteiger partial charge < -0.3 is 14.6 Å². The van der Waals surface area contributed by atoms with Gasteiger partial charge in [0.15, 0.2) is 0 Å². The number of hydrogen-bond acceptors (Lipinski definition) is 4. The van der Waals surface area contributed by atoms with E-state index >= 15 is 0 Å². The second-order valence-corrected chi connectivity index (χ2v) is 7.15. The molecule has 1 aliphatic heterocycles. The van der Waals surface area contributed by atoms with Crippen molar-refractivity contribution in [3.05, 3.63) is 35.6 Å². The molecule has 1 aliphatic rings. The minimum atomic E-state index is 0.0980. The molecule has 0 bridgehead atoms. The minimum Gasteiger partial charge on any atom is -0.459 e. The summed E-state index contributed by atoms with van der Waals surface area (Å²) in [5, 5.41) is 4.13. The van der Waals surface area contributed by atoms with Crippen LogP contribution in [0.15, 0.2) is 28.7 Å². The molecule has 2 aromatic rings. The standard InChI is InChI=1S/C20H29N3O2/c1-15(23-12-10-22(3)11-13-23)8-9-20(24)21-14-19-16(2)17-6-4-5-7-18(17)25-19/h4-7,15H,8-14H2,1-3H3,(H,21,24)/t15-/m0/s1. The summed E-state index contributed by atoms with van der Waals surface area (Å²) in [6, 6.07) is 8.44. The van der Waals surface area contributed by atoms with Crippen molar-refractivity contribution in [1.82, 2.24) is 15.1 Å². The van der Waals surface area contributed by atoms with E-state index in [0.29, 0.717) is 19.0 Å². The molecular weight excluding hydrogens is 314 g/mol. The average Bonchev–Trinajstić information content (AvgIpc) is 2.95. The van der Waals surface area contributed by atoms with Gasteiger partial charge >= 0.3 is 0 Å². The number of benzene rings is 1. The van der Waals surface area contributed by atoms with Crippen LogP contribution in [0, 0.1) is 6.92 Å². The summed E-state index contributed by atoms with van der Waals surface area (Å²) in [5.74, 6) is 0.947. The van der Waals surface area contributed by atoms with Crippen molar-refractivity contribution < 1.29 is 9.21 Å². The van der Waals surface area contributed by atoms with Crippen molar-refractivity contribution in [3.8, 4) is 0 Å². The smallest absolute Gasteiger partial charge is 0.220 e. The molecule has 1 amide bonds. The van der Waals surface area contributed by atoms with Crippen LogP contribution in [0.1, 0.15) is 31.1 Å². The molecule has 1 saturated heterocycles. The molecule has 2 heterocycles. The molecule has 0 aliphatic carbocycles. The molecule has 0 saturated carbocycles. The van der Waals surface area contributed by atoms with E-state index in [-0.39, 0.29) is 5.91 Å². The number of para-hydroxylation sites is 1. The van der Waals surface area contributed by atoms with Gasteiger partial charge in [0.1, 0.15) is 11.3 Å². The maximum atomic E-state index is 12.2. The van der Waals surface area contributed by atoms with Crippen molar-refractivity contribution in [2.75, 3.05) is 33.2 Å². The first-order chi connectivity index (χ1) is 12.0. The van der Waals surface area contributed by atoms with Gasteiger partial charge in [0, 0.05) is 49.6 Å². The normalized spacial score (nSPS) is 17.7. The van der Waals surface area contributed by atoms with Gasteiger partial charge in [-0.3, -0.25) is 9.69 Å². The predicted octanol–water partition coefficient (Wildman–Crippen LogP) is 2.77. The van der Waals surface area contributed by atoms with Gasteiger partial charge in [0.2, 0.25) is 5.91 Å². The molecule has 25 heavy (non-hydrogen) atoms. The molecule has 136 valence electrons. The Morgan fingerprint density at radius 2 is 1.96 bits per heavy atom. The van der Waals surface area contributed by atoms with E-state index in [0.717, 1.165) is 54.9 Å². The zero-order chi connectivity index (χ0) is 17.8. The van der Waals surface area contributed by atoms with Crippen LogP contribution in [-0.2, 0) is 11.3 Å². The van der Waals surface area contributed by atoms with E-state index in [1.165, 1.54) is 0 Å². The van der Waals surface area contributed by atoms with E-state index in [9.17, 15) is 4.79 Å². The maximum Gasteiger partial charge on any atom is 0.220 e. The van der Waals surface area contributed by atoms with Crippen LogP contribution in [0.25, 0.3) is 11.0 Å². The Balaban J connectivity index is 1.45. The highest BCUT2D eigenvalue weighted by atomic mass is 16.3. The lowest BCUT2D eigenvalue weighted by atomic mass is 10.1. The molecule has 0 spiro atoms. The van der Waals surface area contributed by atoms with Crippen LogP contribution < -0.4 is 5.32 Å². The fraction of sp³-hybridized carbons (Fsp3) is 0.550. The number of furan rings is 1. The topological polar surface area (TPSA) is 48.7 Å². The van der Waals surface area contributed by atoms with Crippen LogP contribution in [0.2, 0.25) is 0 Å². The molecule has 0 radical (unpaired) electrons. The fourth-order valence-electron chi connectivity index (χ4n) is 3.45. The quantitative estimate of drug-likeness (QED) is 0.876. The summed E-state index contributed by atoms with van der Waals surface area (Å²) in [7, 11) is 2.16. The summed E-state index contributed by atoms with van der Waals surface area (Å²) >= 11 is 0. The van der Waals surface area contributed by atoms with Crippen molar-refractivity contribution in [3.63, 3.8) is 0 Å². The zero-order valence-electron chi connectivity index (χ0n) is 15.5. The summed E-state index contributed by atoms with van der Waals surface area (Å²) < 4.78 is 5.85. The monoisotopic (exact) mass is 343 g/mol. The third kappa shape index (κ3) is 4.41. The van der Waals surface area contributed by atoms with E-state index in [2.05, 4.69) is 35.2 Å². The second kappa shape index (κ2) is 8.02. The Hall–Kier alpha value is -1.85. The Kier molecular flexibility index (Phi) is 5.76. The molecule has 5 heteroatoms. The first-order valence-electron chi connectivity index (χ1n) is 9.21. The summed E-state index contributed by atoms with van der Waals surface area (Å²) in [4.78, 5) is 17.0. The molecule has 1 fully saturated rings. The Bertz CT molecular complexity index is 717. The predicted molar refractivity (Wildman–Crippen MR) is 101 cm³/mol. The number of fused-ring (bicyclic) bond motifs is 1. The number of likely N-dealkylation sites (N-methyl/N-ethyl adjacent to an activating group) is 1. The molecule has 1 aromatic heterocycles. The highest BCUT2D eigenvalue weighted by Crippen LogP contribution is 2.24. The second-order valence-electron chi connectivity index (χ2n) is 7.15. The van der Waals surface area contributed by atoms with Crippen LogP contribution in [0.5, 0.6) is 0 Å².